The summed E-state index contributed by atoms with van der Waals surface area (Å²) in [7, 11) is 0. The van der Waals surface area contributed by atoms with Gasteiger partial charge in [-0.2, -0.15) is 5.10 Å². The fourth-order valence-corrected chi connectivity index (χ4v) is 2.67. The molecule has 2 N–H and O–H groups in total. The Hall–Kier alpha value is -0.350. The third-order valence-electron chi connectivity index (χ3n) is 3.00. The van der Waals surface area contributed by atoms with E-state index in [1.165, 1.54) is 35.8 Å². The van der Waals surface area contributed by atoms with Crippen LogP contribution in [0.4, 0.5) is 0 Å². The summed E-state index contributed by atoms with van der Waals surface area (Å²) in [5.74, 6) is 0.748. The molecule has 0 spiro atoms. The Morgan fingerprint density at radius 2 is 2.07 bits per heavy atom. The molecule has 3 nitrogen and oxygen atoms in total. The Bertz CT molecular complexity index is 364. The lowest BCUT2D eigenvalue weighted by Crippen LogP contribution is -2.02. The van der Waals surface area contributed by atoms with Crippen molar-refractivity contribution in [2.75, 3.05) is 0 Å². The van der Waals surface area contributed by atoms with Crippen molar-refractivity contribution in [3.63, 3.8) is 0 Å². The molecule has 1 aromatic heterocycles. The number of halogens is 1. The maximum Gasteiger partial charge on any atom is 0.0905 e. The fourth-order valence-electron chi connectivity index (χ4n) is 1.93. The normalized spacial score (nSPS) is 21.6. The molecule has 76 valence electrons. The molecule has 4 heteroatoms. The number of nitrogens with zero attached hydrogens (tertiary/aromatic N) is 2. The average molecular weight is 256 g/mol. The second-order valence-electron chi connectivity index (χ2n) is 4.30. The fraction of sp³-hybridized carbons (Fsp3) is 0.700. The molecule has 14 heavy (non-hydrogen) atoms. The van der Waals surface area contributed by atoms with E-state index >= 15 is 0 Å². The van der Waals surface area contributed by atoms with Crippen LogP contribution >= 0.6 is 15.9 Å². The Morgan fingerprint density at radius 1 is 1.36 bits per heavy atom. The Labute approximate surface area is 91.8 Å². The number of hydrogen-bond acceptors (Lipinski definition) is 2. The maximum absolute atomic E-state index is 5.67. The molecule has 0 bridgehead atoms. The highest BCUT2D eigenvalue weighted by Crippen LogP contribution is 2.48. The summed E-state index contributed by atoms with van der Waals surface area (Å²) in [5, 5.41) is 4.60. The number of nitrogens with two attached hydrogens (primary N) is 1. The molecule has 3 rings (SSSR count). The van der Waals surface area contributed by atoms with Gasteiger partial charge in [-0.05, 0) is 41.6 Å². The first kappa shape index (κ1) is 8.92. The molecule has 0 saturated heterocycles. The molecule has 0 radical (unpaired) electrons. The third kappa shape index (κ3) is 1.32. The third-order valence-corrected chi connectivity index (χ3v) is 3.87. The number of rotatable bonds is 3. The van der Waals surface area contributed by atoms with Crippen molar-refractivity contribution in [2.24, 2.45) is 5.73 Å². The van der Waals surface area contributed by atoms with Gasteiger partial charge in [0, 0.05) is 12.5 Å². The monoisotopic (exact) mass is 255 g/mol. The van der Waals surface area contributed by atoms with Crippen LogP contribution in [0.15, 0.2) is 4.47 Å². The summed E-state index contributed by atoms with van der Waals surface area (Å²) >= 11 is 3.64. The zero-order valence-corrected chi connectivity index (χ0v) is 9.63. The Kier molecular flexibility index (Phi) is 1.96. The van der Waals surface area contributed by atoms with Gasteiger partial charge in [0.1, 0.15) is 0 Å². The minimum atomic E-state index is 0.542. The highest BCUT2D eigenvalue weighted by Gasteiger charge is 2.36. The number of hydrogen-bond donors (Lipinski definition) is 1. The van der Waals surface area contributed by atoms with Crippen molar-refractivity contribution >= 4 is 15.9 Å². The van der Waals surface area contributed by atoms with Gasteiger partial charge in [-0.1, -0.05) is 0 Å². The van der Waals surface area contributed by atoms with E-state index in [0.717, 1.165) is 11.6 Å². The molecule has 2 fully saturated rings. The van der Waals surface area contributed by atoms with E-state index in [9.17, 15) is 0 Å². The summed E-state index contributed by atoms with van der Waals surface area (Å²) < 4.78 is 3.40. The van der Waals surface area contributed by atoms with Crippen LogP contribution in [0.2, 0.25) is 0 Å². The molecule has 1 heterocycles. The lowest BCUT2D eigenvalue weighted by molar-refractivity contribution is 0.598. The molecule has 1 aromatic rings. The molecule has 0 unspecified atom stereocenters. The topological polar surface area (TPSA) is 43.8 Å². The largest absolute Gasteiger partial charge is 0.325 e. The summed E-state index contributed by atoms with van der Waals surface area (Å²) in [6, 6.07) is 0.669. The van der Waals surface area contributed by atoms with Crippen LogP contribution in [-0.4, -0.2) is 9.78 Å². The summed E-state index contributed by atoms with van der Waals surface area (Å²) in [4.78, 5) is 0. The number of aromatic nitrogens is 2. The van der Waals surface area contributed by atoms with E-state index in [-0.39, 0.29) is 0 Å². The van der Waals surface area contributed by atoms with Crippen LogP contribution in [0.5, 0.6) is 0 Å². The second kappa shape index (κ2) is 3.07. The smallest absolute Gasteiger partial charge is 0.0905 e. The van der Waals surface area contributed by atoms with Crippen LogP contribution in [0.3, 0.4) is 0 Å². The summed E-state index contributed by atoms with van der Waals surface area (Å²) in [5.41, 5.74) is 8.10. The SMILES string of the molecule is NCc1nn(C2CC2)c(C2CC2)c1Br. The van der Waals surface area contributed by atoms with Gasteiger partial charge in [0.15, 0.2) is 0 Å². The zero-order chi connectivity index (χ0) is 9.71. The van der Waals surface area contributed by atoms with E-state index in [4.69, 9.17) is 5.73 Å². The highest BCUT2D eigenvalue weighted by atomic mass is 79.9. The van der Waals surface area contributed by atoms with E-state index in [1.54, 1.807) is 0 Å². The van der Waals surface area contributed by atoms with Crippen LogP contribution in [-0.2, 0) is 6.54 Å². The van der Waals surface area contributed by atoms with Crippen molar-refractivity contribution in [3.05, 3.63) is 15.9 Å². The molecular weight excluding hydrogens is 242 g/mol. The Morgan fingerprint density at radius 3 is 2.57 bits per heavy atom. The maximum atomic E-state index is 5.67. The van der Waals surface area contributed by atoms with E-state index in [1.807, 2.05) is 0 Å². The summed E-state index contributed by atoms with van der Waals surface area (Å²) in [6.45, 7) is 0.542. The molecular formula is C10H14BrN3. The van der Waals surface area contributed by atoms with E-state index < -0.39 is 0 Å². The predicted molar refractivity (Wildman–Crippen MR) is 58.1 cm³/mol. The Balaban J connectivity index is 2.06. The standard InChI is InChI=1S/C10H14BrN3/c11-9-8(5-12)13-14(7-3-4-7)10(9)6-1-2-6/h6-7H,1-5,12H2. The van der Waals surface area contributed by atoms with Gasteiger partial charge in [-0.15, -0.1) is 0 Å². The van der Waals surface area contributed by atoms with Gasteiger partial charge in [0.2, 0.25) is 0 Å². The quantitative estimate of drug-likeness (QED) is 0.901. The first-order chi connectivity index (χ1) is 6.81. The summed E-state index contributed by atoms with van der Waals surface area (Å²) in [6.07, 6.45) is 5.22. The van der Waals surface area contributed by atoms with Gasteiger partial charge in [-0.25, -0.2) is 0 Å². The van der Waals surface area contributed by atoms with Crippen molar-refractivity contribution < 1.29 is 0 Å². The second-order valence-corrected chi connectivity index (χ2v) is 5.09. The molecule has 2 aliphatic carbocycles. The van der Waals surface area contributed by atoms with Crippen LogP contribution in [0.1, 0.15) is 49.0 Å². The van der Waals surface area contributed by atoms with Crippen LogP contribution in [0, 0.1) is 0 Å². The lowest BCUT2D eigenvalue weighted by atomic mass is 10.2. The molecule has 0 aliphatic heterocycles. The van der Waals surface area contributed by atoms with Gasteiger partial charge >= 0.3 is 0 Å². The highest BCUT2D eigenvalue weighted by molar-refractivity contribution is 9.10. The van der Waals surface area contributed by atoms with Gasteiger partial charge < -0.3 is 5.73 Å². The molecule has 0 aromatic carbocycles. The van der Waals surface area contributed by atoms with E-state index in [0.29, 0.717) is 12.6 Å². The molecule has 0 atom stereocenters. The van der Waals surface area contributed by atoms with Gasteiger partial charge in [0.25, 0.3) is 0 Å². The van der Waals surface area contributed by atoms with Gasteiger partial charge in [-0.3, -0.25) is 4.68 Å². The van der Waals surface area contributed by atoms with E-state index in [2.05, 4.69) is 25.7 Å². The molecule has 2 saturated carbocycles. The molecule has 2 aliphatic rings. The first-order valence-corrected chi connectivity index (χ1v) is 6.07. The van der Waals surface area contributed by atoms with Crippen molar-refractivity contribution in [1.82, 2.24) is 9.78 Å². The van der Waals surface area contributed by atoms with Crippen molar-refractivity contribution in [2.45, 2.75) is 44.2 Å². The minimum Gasteiger partial charge on any atom is -0.325 e. The van der Waals surface area contributed by atoms with Crippen molar-refractivity contribution in [3.8, 4) is 0 Å². The van der Waals surface area contributed by atoms with Gasteiger partial charge in [0.05, 0.1) is 21.9 Å². The lowest BCUT2D eigenvalue weighted by Gasteiger charge is -2.03. The van der Waals surface area contributed by atoms with Crippen LogP contribution < -0.4 is 5.73 Å². The zero-order valence-electron chi connectivity index (χ0n) is 8.04. The van der Waals surface area contributed by atoms with Crippen LogP contribution in [0.25, 0.3) is 0 Å². The molecule has 0 amide bonds. The average Bonchev–Trinajstić information content (AvgIpc) is 3.03. The van der Waals surface area contributed by atoms with Crippen molar-refractivity contribution in [1.29, 1.82) is 0 Å². The first-order valence-electron chi connectivity index (χ1n) is 5.28. The predicted octanol–water partition coefficient (Wildman–Crippen LogP) is 2.32. The minimum absolute atomic E-state index is 0.542.